The Balaban J connectivity index is -0.000000125. The largest absolute Gasteiger partial charge is 0.394 e. The number of aliphatic hydroxyl groups excluding tert-OH is 2. The number of nitrogens with two attached hydrogens (primary N) is 1. The fourth-order valence-electron chi connectivity index (χ4n) is 0. The Bertz CT molecular complexity index is 111. The van der Waals surface area contributed by atoms with Crippen LogP contribution in [0.25, 0.3) is 0 Å². The van der Waals surface area contributed by atoms with Crippen LogP contribution in [0.2, 0.25) is 0 Å². The van der Waals surface area contributed by atoms with Crippen LogP contribution in [0.3, 0.4) is 0 Å². The lowest BCUT2D eigenvalue weighted by Crippen LogP contribution is -2.17. The summed E-state index contributed by atoms with van der Waals surface area (Å²) in [5.41, 5.74) is 4.80. The van der Waals surface area contributed by atoms with Gasteiger partial charge in [-0.3, -0.25) is 4.79 Å². The van der Waals surface area contributed by atoms with E-state index < -0.39 is 0 Å². The topological polar surface area (TPSA) is 83.6 Å². The molecule has 4 N–H and O–H groups in total. The number of aliphatic hydroxyl groups is 2. The molecule has 0 rings (SSSR count). The molecule has 0 bridgehead atoms. The summed E-state index contributed by atoms with van der Waals surface area (Å²) in [6.45, 7) is 8.53. The SMILES string of the molecule is C=CC.CC(C)C(N)=O.OCCO. The molecule has 0 saturated carbocycles. The average Bonchev–Trinajstić information content (AvgIpc) is 2.06. The molecule has 0 fully saturated rings. The van der Waals surface area contributed by atoms with Crippen molar-refractivity contribution in [2.45, 2.75) is 20.8 Å². The van der Waals surface area contributed by atoms with Gasteiger partial charge in [0.05, 0.1) is 13.2 Å². The van der Waals surface area contributed by atoms with Crippen molar-refractivity contribution < 1.29 is 15.0 Å². The Morgan fingerprint density at radius 3 is 1.62 bits per heavy atom. The normalized spacial score (nSPS) is 7.54. The molecule has 0 unspecified atom stereocenters. The van der Waals surface area contributed by atoms with Crippen LogP contribution in [0.5, 0.6) is 0 Å². The average molecular weight is 191 g/mol. The minimum Gasteiger partial charge on any atom is -0.394 e. The number of allylic oxidation sites excluding steroid dienone is 1. The van der Waals surface area contributed by atoms with Gasteiger partial charge in [0, 0.05) is 5.92 Å². The lowest BCUT2D eigenvalue weighted by Gasteiger charge is -1.90. The molecule has 13 heavy (non-hydrogen) atoms. The van der Waals surface area contributed by atoms with Crippen molar-refractivity contribution in [3.63, 3.8) is 0 Å². The number of amides is 1. The van der Waals surface area contributed by atoms with Gasteiger partial charge in [-0.2, -0.15) is 0 Å². The van der Waals surface area contributed by atoms with Gasteiger partial charge in [-0.25, -0.2) is 0 Å². The van der Waals surface area contributed by atoms with Crippen molar-refractivity contribution in [1.29, 1.82) is 0 Å². The summed E-state index contributed by atoms with van der Waals surface area (Å²) in [6, 6.07) is 0. The molecular formula is C9H21NO3. The Kier molecular flexibility index (Phi) is 24.0. The van der Waals surface area contributed by atoms with E-state index in [0.29, 0.717) is 0 Å². The van der Waals surface area contributed by atoms with Gasteiger partial charge >= 0.3 is 0 Å². The van der Waals surface area contributed by atoms with E-state index in [4.69, 9.17) is 15.9 Å². The highest BCUT2D eigenvalue weighted by atomic mass is 16.3. The third-order valence-corrected chi connectivity index (χ3v) is 0.669. The molecule has 0 aliphatic carbocycles. The zero-order valence-corrected chi connectivity index (χ0v) is 8.66. The number of hydrogen-bond acceptors (Lipinski definition) is 3. The Morgan fingerprint density at radius 2 is 1.62 bits per heavy atom. The van der Waals surface area contributed by atoms with E-state index in [1.165, 1.54) is 0 Å². The molecule has 0 aliphatic rings. The number of rotatable bonds is 2. The third kappa shape index (κ3) is 54.4. The highest BCUT2D eigenvalue weighted by Gasteiger charge is 1.96. The van der Waals surface area contributed by atoms with Crippen LogP contribution < -0.4 is 5.73 Å². The van der Waals surface area contributed by atoms with Gasteiger partial charge in [-0.05, 0) is 6.92 Å². The van der Waals surface area contributed by atoms with Crippen LogP contribution in [0.4, 0.5) is 0 Å². The molecule has 0 aromatic carbocycles. The lowest BCUT2D eigenvalue weighted by molar-refractivity contribution is -0.120. The number of carbonyl (C=O) groups is 1. The predicted octanol–water partition coefficient (Wildman–Crippen LogP) is 0.291. The lowest BCUT2D eigenvalue weighted by atomic mass is 10.2. The van der Waals surface area contributed by atoms with Gasteiger partial charge in [0.2, 0.25) is 5.91 Å². The van der Waals surface area contributed by atoms with Crippen LogP contribution in [-0.2, 0) is 4.79 Å². The van der Waals surface area contributed by atoms with Gasteiger partial charge in [0.1, 0.15) is 0 Å². The van der Waals surface area contributed by atoms with E-state index in [2.05, 4.69) is 6.58 Å². The second-order valence-electron chi connectivity index (χ2n) is 2.41. The summed E-state index contributed by atoms with van der Waals surface area (Å²) >= 11 is 0. The summed E-state index contributed by atoms with van der Waals surface area (Å²) in [6.07, 6.45) is 1.75. The molecule has 0 radical (unpaired) electrons. The zero-order chi connectivity index (χ0) is 11.3. The molecule has 0 saturated heterocycles. The highest BCUT2D eigenvalue weighted by Crippen LogP contribution is 1.84. The Morgan fingerprint density at radius 1 is 1.46 bits per heavy atom. The second kappa shape index (κ2) is 17.3. The van der Waals surface area contributed by atoms with Crippen molar-refractivity contribution in [1.82, 2.24) is 0 Å². The maximum absolute atomic E-state index is 9.92. The molecule has 80 valence electrons. The van der Waals surface area contributed by atoms with Crippen LogP contribution in [0, 0.1) is 5.92 Å². The first-order valence-electron chi connectivity index (χ1n) is 4.05. The fraction of sp³-hybridized carbons (Fsp3) is 0.667. The molecule has 0 aromatic heterocycles. The van der Waals surface area contributed by atoms with Gasteiger partial charge in [-0.1, -0.05) is 19.9 Å². The fourth-order valence-corrected chi connectivity index (χ4v) is 0. The van der Waals surface area contributed by atoms with E-state index in [1.807, 2.05) is 6.92 Å². The third-order valence-electron chi connectivity index (χ3n) is 0.669. The molecular weight excluding hydrogens is 170 g/mol. The van der Waals surface area contributed by atoms with Gasteiger partial charge in [0.15, 0.2) is 0 Å². The van der Waals surface area contributed by atoms with Crippen LogP contribution in [0.1, 0.15) is 20.8 Å². The van der Waals surface area contributed by atoms with Gasteiger partial charge < -0.3 is 15.9 Å². The molecule has 0 aromatic rings. The number of hydrogen-bond donors (Lipinski definition) is 3. The number of carbonyl (C=O) groups excluding carboxylic acids is 1. The number of primary amides is 1. The van der Waals surface area contributed by atoms with Crippen molar-refractivity contribution in [3.8, 4) is 0 Å². The minimum absolute atomic E-state index is 0.00926. The van der Waals surface area contributed by atoms with Gasteiger partial charge in [-0.15, -0.1) is 6.58 Å². The van der Waals surface area contributed by atoms with Crippen molar-refractivity contribution in [3.05, 3.63) is 12.7 Å². The summed E-state index contributed by atoms with van der Waals surface area (Å²) in [5, 5.41) is 15.2. The zero-order valence-electron chi connectivity index (χ0n) is 8.66. The van der Waals surface area contributed by atoms with Crippen molar-refractivity contribution >= 4 is 5.91 Å². The first-order valence-corrected chi connectivity index (χ1v) is 4.05. The van der Waals surface area contributed by atoms with E-state index in [1.54, 1.807) is 19.9 Å². The maximum atomic E-state index is 9.92. The van der Waals surface area contributed by atoms with E-state index >= 15 is 0 Å². The summed E-state index contributed by atoms with van der Waals surface area (Å²) in [7, 11) is 0. The smallest absolute Gasteiger partial charge is 0.219 e. The van der Waals surface area contributed by atoms with E-state index in [9.17, 15) is 4.79 Å². The minimum atomic E-state index is -0.241. The summed E-state index contributed by atoms with van der Waals surface area (Å²) in [5.74, 6) is -0.250. The van der Waals surface area contributed by atoms with Crippen LogP contribution >= 0.6 is 0 Å². The van der Waals surface area contributed by atoms with E-state index in [0.717, 1.165) is 0 Å². The second-order valence-corrected chi connectivity index (χ2v) is 2.41. The Labute approximate surface area is 80.1 Å². The van der Waals surface area contributed by atoms with Crippen molar-refractivity contribution in [2.24, 2.45) is 11.7 Å². The molecule has 0 aliphatic heterocycles. The summed E-state index contributed by atoms with van der Waals surface area (Å²) < 4.78 is 0. The quantitative estimate of drug-likeness (QED) is 0.548. The molecule has 4 heteroatoms. The Hall–Kier alpha value is -0.870. The monoisotopic (exact) mass is 191 g/mol. The first kappa shape index (κ1) is 18.0. The summed E-state index contributed by atoms with van der Waals surface area (Å²) in [4.78, 5) is 9.92. The van der Waals surface area contributed by atoms with E-state index in [-0.39, 0.29) is 25.0 Å². The molecule has 4 nitrogen and oxygen atoms in total. The van der Waals surface area contributed by atoms with Crippen molar-refractivity contribution in [2.75, 3.05) is 13.2 Å². The van der Waals surface area contributed by atoms with Crippen LogP contribution in [0.15, 0.2) is 12.7 Å². The molecule has 1 amide bonds. The standard InChI is InChI=1S/C4H9NO.C3H6.C2H6O2/c1-3(2)4(5)6;1-3-2;3-1-2-4/h3H,1-2H3,(H2,5,6);3H,1H2,2H3;3-4H,1-2H2. The first-order chi connectivity index (χ1) is 5.97. The predicted molar refractivity (Wildman–Crippen MR) is 54.1 cm³/mol. The van der Waals surface area contributed by atoms with Gasteiger partial charge in [0.25, 0.3) is 0 Å². The molecule has 0 heterocycles. The molecule has 0 spiro atoms. The van der Waals surface area contributed by atoms with Crippen LogP contribution in [-0.4, -0.2) is 29.3 Å². The maximum Gasteiger partial charge on any atom is 0.219 e. The highest BCUT2D eigenvalue weighted by molar-refractivity contribution is 5.75. The molecule has 0 atom stereocenters.